The average Bonchev–Trinajstić information content (AvgIpc) is 3.26. The number of methoxy groups -OCH3 is 4. The van der Waals surface area contributed by atoms with Crippen molar-refractivity contribution in [1.29, 1.82) is 0 Å². The van der Waals surface area contributed by atoms with Crippen LogP contribution < -0.4 is 37.9 Å². The lowest BCUT2D eigenvalue weighted by Crippen LogP contribution is -2.05. The van der Waals surface area contributed by atoms with E-state index >= 15 is 0 Å². The van der Waals surface area contributed by atoms with Gasteiger partial charge in [0, 0.05) is 12.1 Å². The van der Waals surface area contributed by atoms with Crippen molar-refractivity contribution >= 4 is 11.9 Å². The summed E-state index contributed by atoms with van der Waals surface area (Å²) in [6, 6.07) is 38.5. The van der Waals surface area contributed by atoms with Crippen molar-refractivity contribution in [3.63, 3.8) is 0 Å². The Hall–Kier alpha value is -7.07. The molecule has 0 fully saturated rings. The molecule has 6 aromatic rings. The van der Waals surface area contributed by atoms with Crippen LogP contribution in [0.5, 0.6) is 51.7 Å². The summed E-state index contributed by atoms with van der Waals surface area (Å²) in [5.74, 6) is 3.69. The summed E-state index contributed by atoms with van der Waals surface area (Å²) in [5, 5.41) is 11.2. The highest BCUT2D eigenvalue weighted by Crippen LogP contribution is 2.36. The Balaban J connectivity index is 1.23. The lowest BCUT2D eigenvalue weighted by atomic mass is 10.1. The lowest BCUT2D eigenvalue weighted by Gasteiger charge is -2.15. The van der Waals surface area contributed by atoms with Gasteiger partial charge in [-0.3, -0.25) is 4.79 Å². The first kappa shape index (κ1) is 39.6. The number of phenolic OH excluding ortho intramolecular Hbond substituents is 1. The smallest absolute Gasteiger partial charge is 0.193 e. The zero-order chi connectivity index (χ0) is 40.0. The predicted molar refractivity (Wildman–Crippen MR) is 217 cm³/mol. The van der Waals surface area contributed by atoms with Crippen LogP contribution in [0.1, 0.15) is 38.2 Å². The number of benzene rings is 6. The highest BCUT2D eigenvalue weighted by molar-refractivity contribution is 6.10. The molecule has 0 aliphatic carbocycles. The SMILES string of the molecule is COc1ccc(COc2cc(O)c(C(=O)/C=C/c3ccc(OCc4ccc(OC)cc4)c(OCc4ccc(OC)cc4)c3)c(OCc3ccc(OC)cc3)c2)cc1. The number of aromatic hydroxyl groups is 1. The Morgan fingerprint density at radius 1 is 0.456 bits per heavy atom. The van der Waals surface area contributed by atoms with E-state index in [4.69, 9.17) is 37.9 Å². The van der Waals surface area contributed by atoms with Crippen molar-refractivity contribution in [3.05, 3.63) is 167 Å². The summed E-state index contributed by atoms with van der Waals surface area (Å²) < 4.78 is 45.7. The first-order valence-electron chi connectivity index (χ1n) is 18.1. The number of hydrogen-bond acceptors (Lipinski definition) is 10. The van der Waals surface area contributed by atoms with Gasteiger partial charge >= 0.3 is 0 Å². The molecule has 6 rings (SSSR count). The van der Waals surface area contributed by atoms with E-state index in [-0.39, 0.29) is 36.9 Å². The predicted octanol–water partition coefficient (Wildman–Crippen LogP) is 9.64. The van der Waals surface area contributed by atoms with E-state index in [2.05, 4.69) is 0 Å². The first-order valence-corrected chi connectivity index (χ1v) is 18.1. The minimum absolute atomic E-state index is 0.00742. The maximum Gasteiger partial charge on any atom is 0.193 e. The van der Waals surface area contributed by atoms with Crippen LogP contribution in [0.25, 0.3) is 6.08 Å². The molecular weight excluding hydrogens is 725 g/mol. The van der Waals surface area contributed by atoms with E-state index in [0.717, 1.165) is 39.5 Å². The number of ketones is 1. The van der Waals surface area contributed by atoms with Crippen LogP contribution in [-0.2, 0) is 26.4 Å². The summed E-state index contributed by atoms with van der Waals surface area (Å²) in [5.41, 5.74) is 4.28. The summed E-state index contributed by atoms with van der Waals surface area (Å²) in [4.78, 5) is 13.9. The molecule has 0 radical (unpaired) electrons. The van der Waals surface area contributed by atoms with Gasteiger partial charge in [-0.25, -0.2) is 0 Å². The highest BCUT2D eigenvalue weighted by atomic mass is 16.5. The standard InChI is InChI=1S/C47H44O10/c1-50-37-15-5-33(6-16-37)28-54-41-26-43(49)47(46(27-41)57-31-36-11-21-40(53-4)22-12-36)42(48)23-13-32-14-24-44(55-29-34-7-17-38(51-2)18-8-34)45(25-32)56-30-35-9-19-39(52-3)20-10-35/h5-27,49H,28-31H2,1-4H3/b23-13+. The molecule has 0 amide bonds. The van der Waals surface area contributed by atoms with E-state index in [0.29, 0.717) is 35.2 Å². The summed E-state index contributed by atoms with van der Waals surface area (Å²) >= 11 is 0. The molecule has 57 heavy (non-hydrogen) atoms. The molecule has 0 saturated carbocycles. The Morgan fingerprint density at radius 2 is 0.860 bits per heavy atom. The van der Waals surface area contributed by atoms with Gasteiger partial charge in [0.25, 0.3) is 0 Å². The third-order valence-corrected chi connectivity index (χ3v) is 8.92. The van der Waals surface area contributed by atoms with Crippen molar-refractivity contribution in [3.8, 4) is 51.7 Å². The fraction of sp³-hybridized carbons (Fsp3) is 0.170. The topological polar surface area (TPSA) is 111 Å². The van der Waals surface area contributed by atoms with E-state index in [1.165, 1.54) is 12.1 Å². The summed E-state index contributed by atoms with van der Waals surface area (Å²) in [6.45, 7) is 0.916. The summed E-state index contributed by atoms with van der Waals surface area (Å²) in [6.07, 6.45) is 3.03. The van der Waals surface area contributed by atoms with Crippen molar-refractivity contribution in [2.45, 2.75) is 26.4 Å². The molecule has 0 spiro atoms. The van der Waals surface area contributed by atoms with Gasteiger partial charge in [-0.15, -0.1) is 0 Å². The van der Waals surface area contributed by atoms with Crippen LogP contribution >= 0.6 is 0 Å². The third-order valence-electron chi connectivity index (χ3n) is 8.92. The Kier molecular flexibility index (Phi) is 13.6. The van der Waals surface area contributed by atoms with E-state index in [9.17, 15) is 9.90 Å². The van der Waals surface area contributed by atoms with E-state index in [1.807, 2.05) is 103 Å². The minimum Gasteiger partial charge on any atom is -0.507 e. The number of hydrogen-bond donors (Lipinski definition) is 1. The lowest BCUT2D eigenvalue weighted by molar-refractivity contribution is 0.104. The van der Waals surface area contributed by atoms with E-state index < -0.39 is 5.78 Å². The first-order chi connectivity index (χ1) is 27.8. The van der Waals surface area contributed by atoms with Gasteiger partial charge in [0.05, 0.1) is 28.4 Å². The molecule has 0 atom stereocenters. The number of rotatable bonds is 19. The second kappa shape index (κ2) is 19.5. The van der Waals surface area contributed by atoms with Crippen LogP contribution in [0.2, 0.25) is 0 Å². The highest BCUT2D eigenvalue weighted by Gasteiger charge is 2.19. The van der Waals surface area contributed by atoms with Gasteiger partial charge in [-0.05, 0) is 94.6 Å². The molecule has 292 valence electrons. The Labute approximate surface area is 332 Å². The fourth-order valence-electron chi connectivity index (χ4n) is 5.67. The van der Waals surface area contributed by atoms with Gasteiger partial charge < -0.3 is 43.0 Å². The average molecular weight is 769 g/mol. The zero-order valence-electron chi connectivity index (χ0n) is 32.2. The Bertz CT molecular complexity index is 2250. The summed E-state index contributed by atoms with van der Waals surface area (Å²) in [7, 11) is 6.44. The van der Waals surface area contributed by atoms with Gasteiger partial charge in [0.15, 0.2) is 17.3 Å². The maximum absolute atomic E-state index is 13.9. The van der Waals surface area contributed by atoms with Crippen molar-refractivity contribution < 1.29 is 47.8 Å². The van der Waals surface area contributed by atoms with Gasteiger partial charge in [0.2, 0.25) is 0 Å². The molecule has 0 heterocycles. The molecule has 0 bridgehead atoms. The van der Waals surface area contributed by atoms with Crippen LogP contribution in [0.3, 0.4) is 0 Å². The normalized spacial score (nSPS) is 10.8. The number of carbonyl (C=O) groups excluding carboxylic acids is 1. The van der Waals surface area contributed by atoms with Crippen LogP contribution in [0.4, 0.5) is 0 Å². The second-order valence-electron chi connectivity index (χ2n) is 12.8. The Morgan fingerprint density at radius 3 is 1.30 bits per heavy atom. The number of phenols is 1. The van der Waals surface area contributed by atoms with Crippen LogP contribution in [0, 0.1) is 0 Å². The van der Waals surface area contributed by atoms with Crippen LogP contribution in [-0.4, -0.2) is 39.3 Å². The van der Waals surface area contributed by atoms with Crippen molar-refractivity contribution in [1.82, 2.24) is 0 Å². The molecule has 0 aliphatic rings. The van der Waals surface area contributed by atoms with E-state index in [1.54, 1.807) is 52.7 Å². The largest absolute Gasteiger partial charge is 0.507 e. The molecule has 1 N–H and O–H groups in total. The van der Waals surface area contributed by atoms with Gasteiger partial charge in [0.1, 0.15) is 72.2 Å². The van der Waals surface area contributed by atoms with Crippen molar-refractivity contribution in [2.75, 3.05) is 28.4 Å². The van der Waals surface area contributed by atoms with Gasteiger partial charge in [-0.1, -0.05) is 60.7 Å². The number of allylic oxidation sites excluding steroid dienone is 1. The molecule has 0 aliphatic heterocycles. The monoisotopic (exact) mass is 768 g/mol. The number of ether oxygens (including phenoxy) is 8. The molecule has 6 aromatic carbocycles. The second-order valence-corrected chi connectivity index (χ2v) is 12.8. The third kappa shape index (κ3) is 11.0. The molecule has 0 unspecified atom stereocenters. The molecule has 10 heteroatoms. The number of carbonyl (C=O) groups is 1. The van der Waals surface area contributed by atoms with Crippen molar-refractivity contribution in [2.24, 2.45) is 0 Å². The maximum atomic E-state index is 13.9. The molecular formula is C47H44O10. The molecule has 10 nitrogen and oxygen atoms in total. The minimum atomic E-state index is -0.473. The van der Waals surface area contributed by atoms with Gasteiger partial charge in [-0.2, -0.15) is 0 Å². The molecule has 0 aromatic heterocycles. The van der Waals surface area contributed by atoms with Crippen LogP contribution in [0.15, 0.2) is 133 Å². The zero-order valence-corrected chi connectivity index (χ0v) is 32.2. The fourth-order valence-corrected chi connectivity index (χ4v) is 5.67. The molecule has 0 saturated heterocycles. The quantitative estimate of drug-likeness (QED) is 0.0632.